The van der Waals surface area contributed by atoms with Crippen molar-refractivity contribution in [3.63, 3.8) is 0 Å². The minimum atomic E-state index is -1.23. The van der Waals surface area contributed by atoms with Crippen molar-refractivity contribution in [2.24, 2.45) is 23.1 Å². The first-order valence-corrected chi connectivity index (χ1v) is 15.3. The number of halogens is 1. The van der Waals surface area contributed by atoms with Crippen LogP contribution < -0.4 is 27.8 Å². The predicted molar refractivity (Wildman–Crippen MR) is 154 cm³/mol. The molecular formula is C27H54FN5O11. The van der Waals surface area contributed by atoms with Gasteiger partial charge in [0.05, 0.1) is 31.0 Å². The summed E-state index contributed by atoms with van der Waals surface area (Å²) in [5, 5.41) is 61.5. The molecule has 260 valence electrons. The fourth-order valence-corrected chi connectivity index (χ4v) is 5.77. The van der Waals surface area contributed by atoms with E-state index in [0.717, 1.165) is 26.5 Å². The molecule has 4 rings (SSSR count). The number of aliphatic hydroxyl groups is 6. The number of nitrogens with two attached hydrogens (primary N) is 3. The van der Waals surface area contributed by atoms with Crippen molar-refractivity contribution in [3.05, 3.63) is 0 Å². The van der Waals surface area contributed by atoms with Crippen LogP contribution in [0.25, 0.3) is 0 Å². The standard InChI is InChI=1S/C21H41N5O6.C5H9FO4.CH4O/c22-2-1-17(28)21(30)26-13-5-16(24)20(18(29)6-13)32-19-8-14(27)7-15(31-19)10-25-9-11-3-12(23)4-11;6-10-5-4(8)1-3(7)2-9-5;1-2/h11-20,25,27-29H,1-10,22-24H2,(H,26,30);3-5,7-8H,1-2H2;2H,1H3/t11?,12?,13?,14?,15?,16?,17?,18?,19-,20-;;/m1../s1. The van der Waals surface area contributed by atoms with E-state index < -0.39 is 61.2 Å². The van der Waals surface area contributed by atoms with Gasteiger partial charge < -0.3 is 72.7 Å². The quantitative estimate of drug-likeness (QED) is 0.103. The summed E-state index contributed by atoms with van der Waals surface area (Å²) in [5.74, 6) is 0.0861. The van der Waals surface area contributed by atoms with E-state index in [2.05, 4.69) is 20.3 Å². The van der Waals surface area contributed by atoms with Crippen molar-refractivity contribution in [2.75, 3.05) is 33.4 Å². The van der Waals surface area contributed by atoms with Crippen molar-refractivity contribution in [2.45, 2.75) is 125 Å². The Kier molecular flexibility index (Phi) is 17.9. The summed E-state index contributed by atoms with van der Waals surface area (Å²) in [7, 11) is 1.00. The maximum Gasteiger partial charge on any atom is 0.249 e. The highest BCUT2D eigenvalue weighted by molar-refractivity contribution is 5.80. The predicted octanol–water partition coefficient (Wildman–Crippen LogP) is -3.79. The van der Waals surface area contributed by atoms with Crippen LogP contribution >= 0.6 is 0 Å². The van der Waals surface area contributed by atoms with Crippen LogP contribution in [0, 0.1) is 5.92 Å². The first-order chi connectivity index (χ1) is 21.0. The second-order valence-electron chi connectivity index (χ2n) is 11.9. The van der Waals surface area contributed by atoms with E-state index in [0.29, 0.717) is 37.8 Å². The summed E-state index contributed by atoms with van der Waals surface area (Å²) in [6, 6.07) is -0.575. The minimum Gasteiger partial charge on any atom is -0.400 e. The smallest absolute Gasteiger partial charge is 0.249 e. The van der Waals surface area contributed by atoms with Gasteiger partial charge in [0.15, 0.2) is 6.29 Å². The normalized spacial score (nSPS) is 39.4. The summed E-state index contributed by atoms with van der Waals surface area (Å²) < 4.78 is 27.9. The van der Waals surface area contributed by atoms with Crippen LogP contribution in [0.1, 0.15) is 51.4 Å². The molecule has 4 fully saturated rings. The lowest BCUT2D eigenvalue weighted by Crippen LogP contribution is -2.58. The van der Waals surface area contributed by atoms with Gasteiger partial charge in [-0.3, -0.25) is 4.79 Å². The molecule has 9 unspecified atom stereocenters. The second kappa shape index (κ2) is 20.2. The first-order valence-electron chi connectivity index (χ1n) is 15.3. The van der Waals surface area contributed by atoms with E-state index in [9.17, 15) is 24.6 Å². The summed E-state index contributed by atoms with van der Waals surface area (Å²) >= 11 is 0. The van der Waals surface area contributed by atoms with Crippen molar-refractivity contribution in [1.82, 2.24) is 10.6 Å². The maximum absolute atomic E-state index is 12.0. The van der Waals surface area contributed by atoms with Crippen molar-refractivity contribution < 1.29 is 59.1 Å². The van der Waals surface area contributed by atoms with Crippen LogP contribution in [0.3, 0.4) is 0 Å². The number of hydrogen-bond donors (Lipinski definition) is 11. The Morgan fingerprint density at radius 2 is 1.68 bits per heavy atom. The fraction of sp³-hybridized carbons (Fsp3) is 0.963. The van der Waals surface area contributed by atoms with Gasteiger partial charge in [-0.1, -0.05) is 0 Å². The molecule has 44 heavy (non-hydrogen) atoms. The van der Waals surface area contributed by atoms with E-state index in [1.807, 2.05) is 0 Å². The van der Waals surface area contributed by atoms with Gasteiger partial charge >= 0.3 is 0 Å². The number of rotatable bonds is 11. The van der Waals surface area contributed by atoms with Gasteiger partial charge in [-0.25, -0.2) is 0 Å². The summed E-state index contributed by atoms with van der Waals surface area (Å²) in [6.45, 7) is 1.71. The molecule has 4 aliphatic rings. The largest absolute Gasteiger partial charge is 0.400 e. The number of aliphatic hydroxyl groups excluding tert-OH is 6. The number of nitrogens with one attached hydrogen (secondary N) is 2. The van der Waals surface area contributed by atoms with Crippen molar-refractivity contribution in [1.29, 1.82) is 0 Å². The van der Waals surface area contributed by atoms with Gasteiger partial charge in [0.25, 0.3) is 0 Å². The number of amides is 1. The van der Waals surface area contributed by atoms with Crippen molar-refractivity contribution in [3.8, 4) is 0 Å². The van der Waals surface area contributed by atoms with Crippen LogP contribution in [-0.4, -0.2) is 143 Å². The summed E-state index contributed by atoms with van der Waals surface area (Å²) in [6.07, 6.45) is -3.35. The zero-order chi connectivity index (χ0) is 32.8. The molecule has 14 N–H and O–H groups in total. The number of hydrogen-bond acceptors (Lipinski definition) is 15. The Bertz CT molecular complexity index is 793. The SMILES string of the molecule is CO.NCCC(O)C(=O)NC1CC(N)[C@@H](O[C@@H]2CC(O)CC(CNCC3CC(N)C3)O2)C(O)C1.OC1COC(OF)C(O)C1. The molecule has 2 saturated carbocycles. The van der Waals surface area contributed by atoms with Gasteiger partial charge in [-0.2, -0.15) is 4.94 Å². The lowest BCUT2D eigenvalue weighted by Gasteiger charge is -2.42. The first kappa shape index (κ1) is 39.0. The average molecular weight is 644 g/mol. The molecule has 0 spiro atoms. The highest BCUT2D eigenvalue weighted by Crippen LogP contribution is 2.28. The number of carbonyl (C=O) groups excluding carboxylic acids is 1. The fourth-order valence-electron chi connectivity index (χ4n) is 5.77. The maximum atomic E-state index is 12.0. The lowest BCUT2D eigenvalue weighted by molar-refractivity contribution is -0.324. The molecule has 0 bridgehead atoms. The van der Waals surface area contributed by atoms with Crippen LogP contribution in [0.2, 0.25) is 0 Å². The van der Waals surface area contributed by atoms with E-state index in [1.165, 1.54) is 0 Å². The van der Waals surface area contributed by atoms with Crippen LogP contribution in [0.5, 0.6) is 0 Å². The van der Waals surface area contributed by atoms with Crippen LogP contribution in [0.15, 0.2) is 0 Å². The molecule has 0 radical (unpaired) electrons. The third kappa shape index (κ3) is 12.9. The Morgan fingerprint density at radius 1 is 0.977 bits per heavy atom. The minimum absolute atomic E-state index is 0.00560. The number of carbonyl (C=O) groups is 1. The van der Waals surface area contributed by atoms with Gasteiger partial charge in [0, 0.05) is 51.0 Å². The van der Waals surface area contributed by atoms with E-state index in [4.69, 9.17) is 42.0 Å². The molecule has 2 saturated heterocycles. The highest BCUT2D eigenvalue weighted by atomic mass is 19.3. The number of ether oxygens (including phenoxy) is 3. The molecule has 16 nitrogen and oxygen atoms in total. The zero-order valence-electron chi connectivity index (χ0n) is 25.3. The van der Waals surface area contributed by atoms with E-state index in [-0.39, 0.29) is 44.6 Å². The molecule has 0 aromatic heterocycles. The Balaban J connectivity index is 0.000000473. The molecule has 1 amide bonds. The zero-order valence-corrected chi connectivity index (χ0v) is 25.3. The molecule has 2 aliphatic heterocycles. The third-order valence-corrected chi connectivity index (χ3v) is 8.07. The molecule has 0 aromatic rings. The lowest BCUT2D eigenvalue weighted by atomic mass is 9.81. The highest BCUT2D eigenvalue weighted by Gasteiger charge is 2.40. The van der Waals surface area contributed by atoms with Crippen LogP contribution in [-0.2, 0) is 23.9 Å². The second-order valence-corrected chi connectivity index (χ2v) is 11.9. The van der Waals surface area contributed by atoms with Crippen molar-refractivity contribution >= 4 is 5.91 Å². The molecular weight excluding hydrogens is 589 g/mol. The topological polar surface area (TPSA) is 277 Å². The average Bonchev–Trinajstić information content (AvgIpc) is 2.95. The molecule has 17 heteroatoms. The molecule has 11 atom stereocenters. The summed E-state index contributed by atoms with van der Waals surface area (Å²) in [4.78, 5) is 15.3. The molecule has 2 aliphatic carbocycles. The van der Waals surface area contributed by atoms with Gasteiger partial charge in [0.2, 0.25) is 12.2 Å². The van der Waals surface area contributed by atoms with Gasteiger partial charge in [0.1, 0.15) is 18.3 Å². The monoisotopic (exact) mass is 643 g/mol. The van der Waals surface area contributed by atoms with E-state index in [1.54, 1.807) is 0 Å². The van der Waals surface area contributed by atoms with Gasteiger partial charge in [-0.05, 0) is 55.6 Å². The van der Waals surface area contributed by atoms with Gasteiger partial charge in [-0.15, -0.1) is 0 Å². The Hall–Kier alpha value is -1.16. The summed E-state index contributed by atoms with van der Waals surface area (Å²) in [5.41, 5.74) is 17.4. The third-order valence-electron chi connectivity index (χ3n) is 8.07. The Morgan fingerprint density at radius 3 is 2.27 bits per heavy atom. The Labute approximate surface area is 257 Å². The van der Waals surface area contributed by atoms with E-state index >= 15 is 0 Å². The van der Waals surface area contributed by atoms with Crippen LogP contribution in [0.4, 0.5) is 4.53 Å². The molecule has 2 heterocycles. The molecule has 0 aromatic carbocycles.